The molecule has 0 unspecified atom stereocenters. The van der Waals surface area contributed by atoms with Gasteiger partial charge < -0.3 is 10.5 Å². The van der Waals surface area contributed by atoms with Gasteiger partial charge in [0.05, 0.1) is 11.7 Å². The topological polar surface area (TPSA) is 35.2 Å². The van der Waals surface area contributed by atoms with Crippen LogP contribution in [0.1, 0.15) is 45.4 Å². The zero-order chi connectivity index (χ0) is 9.31. The van der Waals surface area contributed by atoms with Crippen molar-refractivity contribution >= 4 is 0 Å². The van der Waals surface area contributed by atoms with Crippen LogP contribution in [0, 0.1) is 5.92 Å². The van der Waals surface area contributed by atoms with Gasteiger partial charge in [-0.2, -0.15) is 0 Å². The summed E-state index contributed by atoms with van der Waals surface area (Å²) in [6, 6.07) is 0. The summed E-state index contributed by atoms with van der Waals surface area (Å²) < 4.78 is 6.08. The molecule has 1 aliphatic heterocycles. The maximum atomic E-state index is 6.08. The monoisotopic (exact) mass is 183 g/mol. The summed E-state index contributed by atoms with van der Waals surface area (Å²) in [5, 5.41) is 0. The van der Waals surface area contributed by atoms with Gasteiger partial charge in [-0.1, -0.05) is 19.8 Å². The Bertz CT molecular complexity index is 183. The van der Waals surface area contributed by atoms with E-state index in [-0.39, 0.29) is 5.60 Å². The fourth-order valence-corrected chi connectivity index (χ4v) is 3.01. The number of ether oxygens (including phenoxy) is 1. The van der Waals surface area contributed by atoms with E-state index >= 15 is 0 Å². The Morgan fingerprint density at radius 1 is 1.38 bits per heavy atom. The molecule has 1 saturated carbocycles. The lowest BCUT2D eigenvalue weighted by atomic mass is 9.77. The van der Waals surface area contributed by atoms with Gasteiger partial charge in [0.25, 0.3) is 0 Å². The Hall–Kier alpha value is -0.0800. The highest BCUT2D eigenvalue weighted by molar-refractivity contribution is 4.93. The van der Waals surface area contributed by atoms with Gasteiger partial charge in [0.2, 0.25) is 0 Å². The van der Waals surface area contributed by atoms with Gasteiger partial charge in [-0.3, -0.25) is 0 Å². The molecule has 0 aromatic carbocycles. The number of rotatable bonds is 1. The highest BCUT2D eigenvalue weighted by Gasteiger charge is 2.41. The summed E-state index contributed by atoms with van der Waals surface area (Å²) in [6.45, 7) is 3.05. The standard InChI is InChI=1S/C11H21NO/c1-9-3-2-5-11(7-9)6-4-10(8-12)13-11/h9-10H,2-8,12H2,1H3/t9-,10-,11+/m1/s1. The second-order valence-electron chi connectivity index (χ2n) is 4.90. The van der Waals surface area contributed by atoms with Gasteiger partial charge in [-0.05, 0) is 31.6 Å². The van der Waals surface area contributed by atoms with Gasteiger partial charge in [0, 0.05) is 6.54 Å². The molecule has 0 aromatic rings. The van der Waals surface area contributed by atoms with E-state index in [1.807, 2.05) is 0 Å². The van der Waals surface area contributed by atoms with E-state index in [0.717, 1.165) is 5.92 Å². The molecule has 0 aromatic heterocycles. The number of hydrogen-bond donors (Lipinski definition) is 1. The number of nitrogens with two attached hydrogens (primary N) is 1. The van der Waals surface area contributed by atoms with E-state index < -0.39 is 0 Å². The Balaban J connectivity index is 1.97. The van der Waals surface area contributed by atoms with Crippen LogP contribution in [0.25, 0.3) is 0 Å². The molecule has 2 aliphatic rings. The third kappa shape index (κ3) is 1.89. The highest BCUT2D eigenvalue weighted by atomic mass is 16.5. The quantitative estimate of drug-likeness (QED) is 0.675. The predicted octanol–water partition coefficient (Wildman–Crippen LogP) is 2.07. The van der Waals surface area contributed by atoms with E-state index in [2.05, 4.69) is 6.92 Å². The lowest BCUT2D eigenvalue weighted by Crippen LogP contribution is -2.36. The summed E-state index contributed by atoms with van der Waals surface area (Å²) in [5.74, 6) is 0.852. The minimum atomic E-state index is 0.238. The molecule has 0 bridgehead atoms. The van der Waals surface area contributed by atoms with Crippen LogP contribution in [0.3, 0.4) is 0 Å². The van der Waals surface area contributed by atoms with E-state index in [4.69, 9.17) is 10.5 Å². The lowest BCUT2D eigenvalue weighted by molar-refractivity contribution is -0.0707. The molecule has 76 valence electrons. The summed E-state index contributed by atoms with van der Waals surface area (Å²) in [6.07, 6.45) is 8.06. The van der Waals surface area contributed by atoms with Crippen LogP contribution in [-0.2, 0) is 4.74 Å². The van der Waals surface area contributed by atoms with Crippen molar-refractivity contribution in [3.05, 3.63) is 0 Å². The fraction of sp³-hybridized carbons (Fsp3) is 1.00. The summed E-state index contributed by atoms with van der Waals surface area (Å²) in [4.78, 5) is 0. The van der Waals surface area contributed by atoms with Crippen molar-refractivity contribution in [2.75, 3.05) is 6.54 Å². The molecule has 0 radical (unpaired) electrons. The zero-order valence-corrected chi connectivity index (χ0v) is 8.59. The Morgan fingerprint density at radius 2 is 2.23 bits per heavy atom. The normalized spacial score (nSPS) is 45.7. The molecule has 2 heteroatoms. The third-order valence-electron chi connectivity index (χ3n) is 3.65. The maximum Gasteiger partial charge on any atom is 0.0705 e. The second-order valence-corrected chi connectivity index (χ2v) is 4.90. The summed E-state index contributed by atoms with van der Waals surface area (Å²) in [5.41, 5.74) is 5.87. The molecule has 1 heterocycles. The van der Waals surface area contributed by atoms with E-state index in [1.54, 1.807) is 0 Å². The van der Waals surface area contributed by atoms with Crippen LogP contribution in [0.2, 0.25) is 0 Å². The highest BCUT2D eigenvalue weighted by Crippen LogP contribution is 2.43. The fourth-order valence-electron chi connectivity index (χ4n) is 3.01. The Kier molecular flexibility index (Phi) is 2.61. The van der Waals surface area contributed by atoms with Crippen molar-refractivity contribution < 1.29 is 4.74 Å². The first-order valence-corrected chi connectivity index (χ1v) is 5.62. The van der Waals surface area contributed by atoms with Gasteiger partial charge in [0.15, 0.2) is 0 Å². The smallest absolute Gasteiger partial charge is 0.0705 e. The van der Waals surface area contributed by atoms with Gasteiger partial charge >= 0.3 is 0 Å². The van der Waals surface area contributed by atoms with Crippen molar-refractivity contribution in [1.82, 2.24) is 0 Å². The van der Waals surface area contributed by atoms with E-state index in [9.17, 15) is 0 Å². The van der Waals surface area contributed by atoms with Gasteiger partial charge in [-0.15, -0.1) is 0 Å². The molecule has 2 N–H and O–H groups in total. The van der Waals surface area contributed by atoms with E-state index in [0.29, 0.717) is 12.6 Å². The molecule has 2 rings (SSSR count). The molecule has 2 fully saturated rings. The molecule has 3 atom stereocenters. The summed E-state index contributed by atoms with van der Waals surface area (Å²) in [7, 11) is 0. The first-order valence-electron chi connectivity index (χ1n) is 5.62. The second kappa shape index (κ2) is 3.58. The van der Waals surface area contributed by atoms with Crippen molar-refractivity contribution in [3.63, 3.8) is 0 Å². The molecule has 2 nitrogen and oxygen atoms in total. The first kappa shape index (κ1) is 9.47. The Morgan fingerprint density at radius 3 is 2.85 bits per heavy atom. The van der Waals surface area contributed by atoms with Crippen LogP contribution >= 0.6 is 0 Å². The molecule has 1 spiro atoms. The van der Waals surface area contributed by atoms with Crippen LogP contribution in [-0.4, -0.2) is 18.2 Å². The molecule has 13 heavy (non-hydrogen) atoms. The van der Waals surface area contributed by atoms with Crippen molar-refractivity contribution in [3.8, 4) is 0 Å². The Labute approximate surface area is 80.8 Å². The summed E-state index contributed by atoms with van der Waals surface area (Å²) >= 11 is 0. The molecule has 1 aliphatic carbocycles. The maximum absolute atomic E-state index is 6.08. The van der Waals surface area contributed by atoms with Crippen LogP contribution in [0.15, 0.2) is 0 Å². The van der Waals surface area contributed by atoms with E-state index in [1.165, 1.54) is 38.5 Å². The average molecular weight is 183 g/mol. The van der Waals surface area contributed by atoms with Crippen LogP contribution in [0.4, 0.5) is 0 Å². The van der Waals surface area contributed by atoms with Gasteiger partial charge in [0.1, 0.15) is 0 Å². The average Bonchev–Trinajstić information content (AvgIpc) is 2.48. The zero-order valence-electron chi connectivity index (χ0n) is 8.59. The minimum absolute atomic E-state index is 0.238. The molecule has 1 saturated heterocycles. The third-order valence-corrected chi connectivity index (χ3v) is 3.65. The first-order chi connectivity index (χ1) is 6.24. The van der Waals surface area contributed by atoms with Crippen LogP contribution in [0.5, 0.6) is 0 Å². The molecular formula is C11H21NO. The lowest BCUT2D eigenvalue weighted by Gasteiger charge is -2.36. The molecular weight excluding hydrogens is 162 g/mol. The van der Waals surface area contributed by atoms with Crippen molar-refractivity contribution in [1.29, 1.82) is 0 Å². The SMILES string of the molecule is C[C@@H]1CCC[C@]2(CC[C@H](CN)O2)C1. The predicted molar refractivity (Wildman–Crippen MR) is 53.5 cm³/mol. The van der Waals surface area contributed by atoms with Crippen LogP contribution < -0.4 is 5.73 Å². The largest absolute Gasteiger partial charge is 0.370 e. The molecule has 0 amide bonds. The minimum Gasteiger partial charge on any atom is -0.370 e. The van der Waals surface area contributed by atoms with Crippen molar-refractivity contribution in [2.45, 2.75) is 57.2 Å². The van der Waals surface area contributed by atoms with Gasteiger partial charge in [-0.25, -0.2) is 0 Å². The number of hydrogen-bond acceptors (Lipinski definition) is 2. The van der Waals surface area contributed by atoms with Crippen molar-refractivity contribution in [2.24, 2.45) is 11.7 Å².